The zero-order valence-electron chi connectivity index (χ0n) is 14.4. The molecule has 1 N–H and O–H groups in total. The molecule has 0 radical (unpaired) electrons. The van der Waals surface area contributed by atoms with Gasteiger partial charge in [-0.25, -0.2) is 0 Å². The Labute approximate surface area is 151 Å². The number of carbonyl (C=O) groups is 2. The topological polar surface area (TPSA) is 86.1 Å². The van der Waals surface area contributed by atoms with Crippen molar-refractivity contribution in [3.05, 3.63) is 59.9 Å². The molecule has 0 bridgehead atoms. The zero-order valence-corrected chi connectivity index (χ0v) is 14.4. The first-order valence-corrected chi connectivity index (χ1v) is 8.44. The number of nitrogens with one attached hydrogen (secondary N) is 1. The second-order valence-corrected chi connectivity index (χ2v) is 5.89. The van der Waals surface area contributed by atoms with E-state index < -0.39 is 5.91 Å². The standard InChI is InChI=1S/C20H18N4O2/c1-2-3-11-24-17-9-5-4-8-15(17)18(20(24)26)16(12-21)19(25)23-14-7-6-10-22-13-14/h4-10,13H,2-3,11H2,1H3,(H,23,25)/b18-16+. The minimum Gasteiger partial charge on any atom is -0.320 e. The fourth-order valence-corrected chi connectivity index (χ4v) is 2.91. The van der Waals surface area contributed by atoms with Crippen molar-refractivity contribution >= 4 is 28.8 Å². The van der Waals surface area contributed by atoms with Gasteiger partial charge in [-0.1, -0.05) is 31.5 Å². The van der Waals surface area contributed by atoms with E-state index in [0.717, 1.165) is 18.5 Å². The Kier molecular flexibility index (Phi) is 5.09. The predicted molar refractivity (Wildman–Crippen MR) is 99.1 cm³/mol. The molecule has 0 unspecified atom stereocenters. The Morgan fingerprint density at radius 2 is 2.08 bits per heavy atom. The lowest BCUT2D eigenvalue weighted by Gasteiger charge is -2.16. The summed E-state index contributed by atoms with van der Waals surface area (Å²) < 4.78 is 0. The van der Waals surface area contributed by atoms with Gasteiger partial charge in [0.2, 0.25) is 0 Å². The SMILES string of the molecule is CCCCN1C(=O)/C(=C(\C#N)C(=O)Nc2cccnc2)c2ccccc21. The van der Waals surface area contributed by atoms with Gasteiger partial charge in [0, 0.05) is 18.3 Å². The van der Waals surface area contributed by atoms with Gasteiger partial charge >= 0.3 is 0 Å². The highest BCUT2D eigenvalue weighted by Crippen LogP contribution is 2.38. The number of hydrogen-bond donors (Lipinski definition) is 1. The van der Waals surface area contributed by atoms with Crippen molar-refractivity contribution in [2.75, 3.05) is 16.8 Å². The molecule has 2 amide bonds. The maximum Gasteiger partial charge on any atom is 0.267 e. The molecule has 1 aliphatic rings. The molecule has 1 aliphatic heterocycles. The predicted octanol–water partition coefficient (Wildman–Crippen LogP) is 3.14. The highest BCUT2D eigenvalue weighted by molar-refractivity contribution is 6.37. The molecule has 0 saturated heterocycles. The van der Waals surface area contributed by atoms with Crippen molar-refractivity contribution in [1.82, 2.24) is 4.98 Å². The summed E-state index contributed by atoms with van der Waals surface area (Å²) in [6, 6.07) is 12.5. The highest BCUT2D eigenvalue weighted by Gasteiger charge is 2.35. The molecule has 130 valence electrons. The van der Waals surface area contributed by atoms with E-state index in [1.54, 1.807) is 35.4 Å². The third-order valence-electron chi connectivity index (χ3n) is 4.17. The fourth-order valence-electron chi connectivity index (χ4n) is 2.91. The van der Waals surface area contributed by atoms with E-state index in [1.807, 2.05) is 25.1 Å². The van der Waals surface area contributed by atoms with Gasteiger partial charge in [-0.2, -0.15) is 5.26 Å². The summed E-state index contributed by atoms with van der Waals surface area (Å²) in [6.07, 6.45) is 4.85. The maximum absolute atomic E-state index is 13.0. The van der Waals surface area contributed by atoms with Crippen LogP contribution in [0.15, 0.2) is 54.4 Å². The molecule has 0 atom stereocenters. The number of para-hydroxylation sites is 1. The molecule has 0 fully saturated rings. The number of aromatic nitrogens is 1. The normalized spacial score (nSPS) is 14.6. The average molecular weight is 346 g/mol. The molecular formula is C20H18N4O2. The number of hydrogen-bond acceptors (Lipinski definition) is 4. The number of unbranched alkanes of at least 4 members (excludes halogenated alkanes) is 1. The second kappa shape index (κ2) is 7.62. The number of benzene rings is 1. The molecular weight excluding hydrogens is 328 g/mol. The number of anilines is 2. The molecule has 2 heterocycles. The summed E-state index contributed by atoms with van der Waals surface area (Å²) in [7, 11) is 0. The summed E-state index contributed by atoms with van der Waals surface area (Å²) in [4.78, 5) is 31.1. The molecule has 0 aliphatic carbocycles. The second-order valence-electron chi connectivity index (χ2n) is 5.89. The van der Waals surface area contributed by atoms with Gasteiger partial charge < -0.3 is 10.2 Å². The number of amides is 2. The third-order valence-corrected chi connectivity index (χ3v) is 4.17. The van der Waals surface area contributed by atoms with Crippen molar-refractivity contribution in [3.8, 4) is 6.07 Å². The van der Waals surface area contributed by atoms with E-state index >= 15 is 0 Å². The van der Waals surface area contributed by atoms with Crippen LogP contribution >= 0.6 is 0 Å². The van der Waals surface area contributed by atoms with Crippen molar-refractivity contribution in [3.63, 3.8) is 0 Å². The number of pyridine rings is 1. The van der Waals surface area contributed by atoms with Crippen LogP contribution in [0.1, 0.15) is 25.3 Å². The van der Waals surface area contributed by atoms with Crippen molar-refractivity contribution in [2.24, 2.45) is 0 Å². The van der Waals surface area contributed by atoms with E-state index in [0.29, 0.717) is 17.8 Å². The summed E-state index contributed by atoms with van der Waals surface area (Å²) in [6.45, 7) is 2.60. The number of nitrogens with zero attached hydrogens (tertiary/aromatic N) is 3. The Balaban J connectivity index is 2.02. The van der Waals surface area contributed by atoms with Gasteiger partial charge in [-0.3, -0.25) is 14.6 Å². The molecule has 6 heteroatoms. The number of nitriles is 1. The van der Waals surface area contributed by atoms with E-state index in [1.165, 1.54) is 6.20 Å². The van der Waals surface area contributed by atoms with Gasteiger partial charge in [0.1, 0.15) is 11.6 Å². The Bertz CT molecular complexity index is 913. The number of carbonyl (C=O) groups excluding carboxylic acids is 2. The zero-order chi connectivity index (χ0) is 18.5. The lowest BCUT2D eigenvalue weighted by Crippen LogP contribution is -2.28. The highest BCUT2D eigenvalue weighted by atomic mass is 16.2. The van der Waals surface area contributed by atoms with E-state index in [9.17, 15) is 14.9 Å². The van der Waals surface area contributed by atoms with Crippen molar-refractivity contribution in [2.45, 2.75) is 19.8 Å². The van der Waals surface area contributed by atoms with Gasteiger partial charge in [0.05, 0.1) is 23.1 Å². The monoisotopic (exact) mass is 346 g/mol. The largest absolute Gasteiger partial charge is 0.320 e. The molecule has 6 nitrogen and oxygen atoms in total. The summed E-state index contributed by atoms with van der Waals surface area (Å²) in [5.41, 5.74) is 1.78. The van der Waals surface area contributed by atoms with E-state index in [-0.39, 0.29) is 17.1 Å². The fraction of sp³-hybridized carbons (Fsp3) is 0.200. The molecule has 26 heavy (non-hydrogen) atoms. The van der Waals surface area contributed by atoms with Crippen LogP contribution in [0.25, 0.3) is 5.57 Å². The van der Waals surface area contributed by atoms with Crippen LogP contribution in [0.2, 0.25) is 0 Å². The minimum absolute atomic E-state index is 0.153. The Morgan fingerprint density at radius 3 is 2.77 bits per heavy atom. The first kappa shape index (κ1) is 17.4. The first-order chi connectivity index (χ1) is 12.7. The summed E-state index contributed by atoms with van der Waals surface area (Å²) >= 11 is 0. The Morgan fingerprint density at radius 1 is 1.27 bits per heavy atom. The number of rotatable bonds is 5. The number of fused-ring (bicyclic) bond motifs is 1. The van der Waals surface area contributed by atoms with Crippen LogP contribution < -0.4 is 10.2 Å². The van der Waals surface area contributed by atoms with Crippen LogP contribution in [0.5, 0.6) is 0 Å². The van der Waals surface area contributed by atoms with Crippen LogP contribution in [0.4, 0.5) is 11.4 Å². The van der Waals surface area contributed by atoms with Gasteiger partial charge in [-0.05, 0) is 24.6 Å². The maximum atomic E-state index is 13.0. The smallest absolute Gasteiger partial charge is 0.267 e. The summed E-state index contributed by atoms with van der Waals surface area (Å²) in [5.74, 6) is -0.923. The van der Waals surface area contributed by atoms with Crippen LogP contribution in [-0.2, 0) is 9.59 Å². The lowest BCUT2D eigenvalue weighted by atomic mass is 10.0. The van der Waals surface area contributed by atoms with Gasteiger partial charge in [0.25, 0.3) is 11.8 Å². The molecule has 1 aromatic carbocycles. The third kappa shape index (κ3) is 3.20. The average Bonchev–Trinajstić information content (AvgIpc) is 2.93. The van der Waals surface area contributed by atoms with Crippen LogP contribution in [-0.4, -0.2) is 23.3 Å². The van der Waals surface area contributed by atoms with Crippen LogP contribution in [0, 0.1) is 11.3 Å². The molecule has 0 saturated carbocycles. The van der Waals surface area contributed by atoms with E-state index in [2.05, 4.69) is 10.3 Å². The van der Waals surface area contributed by atoms with Crippen molar-refractivity contribution in [1.29, 1.82) is 5.26 Å². The van der Waals surface area contributed by atoms with Crippen LogP contribution in [0.3, 0.4) is 0 Å². The van der Waals surface area contributed by atoms with Crippen molar-refractivity contribution < 1.29 is 9.59 Å². The van der Waals surface area contributed by atoms with E-state index in [4.69, 9.17) is 0 Å². The van der Waals surface area contributed by atoms with Gasteiger partial charge in [0.15, 0.2) is 0 Å². The first-order valence-electron chi connectivity index (χ1n) is 8.44. The lowest BCUT2D eigenvalue weighted by molar-refractivity contribution is -0.114. The molecule has 2 aromatic rings. The quantitative estimate of drug-likeness (QED) is 0.665. The summed E-state index contributed by atoms with van der Waals surface area (Å²) in [5, 5.41) is 12.2. The molecule has 1 aromatic heterocycles. The molecule has 3 rings (SSSR count). The minimum atomic E-state index is -0.615. The van der Waals surface area contributed by atoms with Gasteiger partial charge in [-0.15, -0.1) is 0 Å². The molecule has 0 spiro atoms. The Hall–Kier alpha value is -3.46.